The molecular weight excluding hydrogens is 471 g/mol. The number of ether oxygens (including phenoxy) is 1. The highest BCUT2D eigenvalue weighted by Crippen LogP contribution is 2.35. The number of halogens is 2. The minimum Gasteiger partial charge on any atom is -0.466 e. The lowest BCUT2D eigenvalue weighted by atomic mass is 9.97. The van der Waals surface area contributed by atoms with Crippen molar-refractivity contribution in [1.82, 2.24) is 19.7 Å². The average Bonchev–Trinajstić information content (AvgIpc) is 3.21. The second-order valence-corrected chi connectivity index (χ2v) is 8.77. The number of carbonyl (C=O) groups is 1. The summed E-state index contributed by atoms with van der Waals surface area (Å²) < 4.78 is 21.6. The predicted molar refractivity (Wildman–Crippen MR) is 133 cm³/mol. The Morgan fingerprint density at radius 3 is 2.54 bits per heavy atom. The highest BCUT2D eigenvalue weighted by molar-refractivity contribution is 6.30. The minimum atomic E-state index is -0.418. The molecule has 0 amide bonds. The molecular formula is C25H24ClFN6O2. The molecule has 0 aliphatic carbocycles. The van der Waals surface area contributed by atoms with Crippen molar-refractivity contribution in [2.75, 3.05) is 30.3 Å². The zero-order chi connectivity index (χ0) is 24.5. The Bertz CT molecular complexity index is 1380. The number of fused-ring (bicyclic) bond motifs is 1. The summed E-state index contributed by atoms with van der Waals surface area (Å²) in [6.07, 6.45) is 1.24. The molecule has 0 radical (unpaired) electrons. The van der Waals surface area contributed by atoms with Gasteiger partial charge in [-0.05, 0) is 56.2 Å². The summed E-state index contributed by atoms with van der Waals surface area (Å²) in [4.78, 5) is 23.6. The summed E-state index contributed by atoms with van der Waals surface area (Å²) in [5, 5.41) is 5.68. The Labute approximate surface area is 206 Å². The van der Waals surface area contributed by atoms with E-state index in [2.05, 4.69) is 10.1 Å². The maximum absolute atomic E-state index is 14.9. The molecule has 0 spiro atoms. The maximum Gasteiger partial charge on any atom is 0.309 e. The molecule has 2 N–H and O–H groups in total. The van der Waals surface area contributed by atoms with E-state index >= 15 is 0 Å². The van der Waals surface area contributed by atoms with Crippen LogP contribution in [0.1, 0.15) is 19.8 Å². The van der Waals surface area contributed by atoms with Gasteiger partial charge in [0.2, 0.25) is 5.95 Å². The number of nitrogens with zero attached hydrogens (tertiary/aromatic N) is 5. The zero-order valence-electron chi connectivity index (χ0n) is 19.1. The van der Waals surface area contributed by atoms with Crippen molar-refractivity contribution in [3.05, 3.63) is 59.4 Å². The number of nitrogen functional groups attached to an aromatic ring is 1. The first-order chi connectivity index (χ1) is 17.0. The van der Waals surface area contributed by atoms with Crippen LogP contribution < -0.4 is 10.6 Å². The number of benzene rings is 2. The first kappa shape index (κ1) is 23.0. The van der Waals surface area contributed by atoms with Crippen molar-refractivity contribution in [2.45, 2.75) is 19.8 Å². The number of hydrogen-bond donors (Lipinski definition) is 1. The lowest BCUT2D eigenvalue weighted by Crippen LogP contribution is -2.38. The van der Waals surface area contributed by atoms with Crippen LogP contribution in [-0.4, -0.2) is 45.4 Å². The van der Waals surface area contributed by atoms with Crippen molar-refractivity contribution in [3.8, 4) is 16.9 Å². The van der Waals surface area contributed by atoms with Gasteiger partial charge in [0.1, 0.15) is 11.6 Å². The monoisotopic (exact) mass is 494 g/mol. The Balaban J connectivity index is 1.59. The van der Waals surface area contributed by atoms with Gasteiger partial charge in [-0.2, -0.15) is 4.98 Å². The van der Waals surface area contributed by atoms with Crippen LogP contribution >= 0.6 is 11.6 Å². The highest BCUT2D eigenvalue weighted by atomic mass is 35.5. The molecule has 0 atom stereocenters. The summed E-state index contributed by atoms with van der Waals surface area (Å²) in [5.41, 5.74) is 8.24. The van der Waals surface area contributed by atoms with E-state index in [-0.39, 0.29) is 11.9 Å². The van der Waals surface area contributed by atoms with Crippen molar-refractivity contribution >= 4 is 40.4 Å². The van der Waals surface area contributed by atoms with Gasteiger partial charge in [-0.25, -0.2) is 14.1 Å². The van der Waals surface area contributed by atoms with Crippen molar-refractivity contribution in [2.24, 2.45) is 5.92 Å². The van der Waals surface area contributed by atoms with Crippen molar-refractivity contribution in [3.63, 3.8) is 0 Å². The van der Waals surface area contributed by atoms with E-state index in [0.29, 0.717) is 77.3 Å². The van der Waals surface area contributed by atoms with Crippen LogP contribution in [0.3, 0.4) is 0 Å². The van der Waals surface area contributed by atoms with E-state index in [4.69, 9.17) is 27.1 Å². The van der Waals surface area contributed by atoms with E-state index < -0.39 is 5.82 Å². The Morgan fingerprint density at radius 1 is 1.14 bits per heavy atom. The fourth-order valence-corrected chi connectivity index (χ4v) is 4.47. The van der Waals surface area contributed by atoms with Crippen LogP contribution in [0.2, 0.25) is 5.02 Å². The van der Waals surface area contributed by atoms with Gasteiger partial charge < -0.3 is 15.4 Å². The zero-order valence-corrected chi connectivity index (χ0v) is 19.9. The Hall–Kier alpha value is -3.72. The third-order valence-corrected chi connectivity index (χ3v) is 6.41. The largest absolute Gasteiger partial charge is 0.466 e. The molecule has 35 heavy (non-hydrogen) atoms. The standard InChI is InChI=1S/C25H24ClFN6O2/c1-2-35-24(34)15-11-13-32(14-12-15)25-29-21(18-5-3-4-6-19(18)27)20-22(28)33(31-23(20)30-25)17-9-7-16(26)8-10-17/h3-10,15H,2,11-14,28H2,1H3. The summed E-state index contributed by atoms with van der Waals surface area (Å²) in [7, 11) is 0. The molecule has 1 fully saturated rings. The van der Waals surface area contributed by atoms with Crippen LogP contribution in [0.5, 0.6) is 0 Å². The van der Waals surface area contributed by atoms with Crippen LogP contribution in [0, 0.1) is 11.7 Å². The van der Waals surface area contributed by atoms with E-state index in [9.17, 15) is 9.18 Å². The predicted octanol–water partition coefficient (Wildman–Crippen LogP) is 4.64. The molecule has 2 aromatic heterocycles. The Morgan fingerprint density at radius 2 is 1.86 bits per heavy atom. The lowest BCUT2D eigenvalue weighted by molar-refractivity contribution is -0.148. The second-order valence-electron chi connectivity index (χ2n) is 8.34. The van der Waals surface area contributed by atoms with Crippen molar-refractivity contribution < 1.29 is 13.9 Å². The highest BCUT2D eigenvalue weighted by Gasteiger charge is 2.29. The van der Waals surface area contributed by atoms with Gasteiger partial charge in [0.15, 0.2) is 5.65 Å². The van der Waals surface area contributed by atoms with Crippen LogP contribution in [-0.2, 0) is 9.53 Å². The fourth-order valence-electron chi connectivity index (χ4n) is 4.34. The number of carbonyl (C=O) groups excluding carboxylic acids is 1. The maximum atomic E-state index is 14.9. The average molecular weight is 495 g/mol. The van der Waals surface area contributed by atoms with E-state index in [1.54, 1.807) is 54.1 Å². The second kappa shape index (κ2) is 9.50. The van der Waals surface area contributed by atoms with E-state index in [0.717, 1.165) is 0 Å². The third-order valence-electron chi connectivity index (χ3n) is 6.16. The summed E-state index contributed by atoms with van der Waals surface area (Å²) in [5.74, 6) is -0.0316. The molecule has 3 heterocycles. The molecule has 180 valence electrons. The smallest absolute Gasteiger partial charge is 0.309 e. The van der Waals surface area contributed by atoms with Crippen LogP contribution in [0.15, 0.2) is 48.5 Å². The van der Waals surface area contributed by atoms with Crippen molar-refractivity contribution in [1.29, 1.82) is 0 Å². The SMILES string of the molecule is CCOC(=O)C1CCN(c2nc(-c3ccccc3F)c3c(N)n(-c4ccc(Cl)cc4)nc3n2)CC1. The number of nitrogens with two attached hydrogens (primary N) is 1. The molecule has 8 nitrogen and oxygen atoms in total. The third kappa shape index (κ3) is 4.39. The van der Waals surface area contributed by atoms with Crippen LogP contribution in [0.4, 0.5) is 16.2 Å². The molecule has 0 bridgehead atoms. The molecule has 5 rings (SSSR count). The number of rotatable bonds is 5. The molecule has 0 unspecified atom stereocenters. The number of anilines is 2. The first-order valence-electron chi connectivity index (χ1n) is 11.4. The van der Waals surface area contributed by atoms with Gasteiger partial charge in [0, 0.05) is 23.7 Å². The summed E-state index contributed by atoms with van der Waals surface area (Å²) >= 11 is 6.04. The van der Waals surface area contributed by atoms with E-state index in [1.165, 1.54) is 6.07 Å². The molecule has 0 saturated carbocycles. The Kier molecular flexibility index (Phi) is 6.25. The summed E-state index contributed by atoms with van der Waals surface area (Å²) in [6, 6.07) is 13.5. The number of piperidine rings is 1. The molecule has 1 saturated heterocycles. The van der Waals surface area contributed by atoms with Gasteiger partial charge >= 0.3 is 5.97 Å². The molecule has 4 aromatic rings. The molecule has 1 aliphatic heterocycles. The topological polar surface area (TPSA) is 99.2 Å². The molecule has 2 aromatic carbocycles. The summed E-state index contributed by atoms with van der Waals surface area (Å²) in [6.45, 7) is 3.30. The van der Waals surface area contributed by atoms with Crippen LogP contribution in [0.25, 0.3) is 28.0 Å². The quantitative estimate of drug-likeness (QED) is 0.403. The van der Waals surface area contributed by atoms with Gasteiger partial charge in [0.25, 0.3) is 0 Å². The normalized spacial score (nSPS) is 14.4. The van der Waals surface area contributed by atoms with Gasteiger partial charge in [-0.1, -0.05) is 23.7 Å². The number of aromatic nitrogens is 4. The molecule has 1 aliphatic rings. The van der Waals surface area contributed by atoms with Gasteiger partial charge in [-0.15, -0.1) is 5.10 Å². The van der Waals surface area contributed by atoms with Gasteiger partial charge in [-0.3, -0.25) is 4.79 Å². The fraction of sp³-hybridized carbons (Fsp3) is 0.280. The lowest BCUT2D eigenvalue weighted by Gasteiger charge is -2.31. The van der Waals surface area contributed by atoms with E-state index in [1.807, 2.05) is 4.90 Å². The minimum absolute atomic E-state index is 0.152. The molecule has 10 heteroatoms. The first-order valence-corrected chi connectivity index (χ1v) is 11.8. The van der Waals surface area contributed by atoms with Gasteiger partial charge in [0.05, 0.1) is 29.3 Å². The number of hydrogen-bond acceptors (Lipinski definition) is 7. The number of esters is 1.